The Morgan fingerprint density at radius 2 is 1.27 bits per heavy atom. The van der Waals surface area contributed by atoms with E-state index in [1.165, 1.54) is 57.8 Å². The van der Waals surface area contributed by atoms with Gasteiger partial charge in [-0.05, 0) is 27.2 Å². The van der Waals surface area contributed by atoms with Gasteiger partial charge in [0, 0.05) is 6.61 Å². The second-order valence-electron chi connectivity index (χ2n) is 7.13. The van der Waals surface area contributed by atoms with Crippen molar-refractivity contribution >= 4 is 5.97 Å². The third kappa shape index (κ3) is 17.5. The molecule has 3 heteroatoms. The Labute approximate surface area is 138 Å². The highest BCUT2D eigenvalue weighted by Gasteiger charge is 2.15. The van der Waals surface area contributed by atoms with Crippen molar-refractivity contribution in [2.75, 3.05) is 13.2 Å². The summed E-state index contributed by atoms with van der Waals surface area (Å²) in [4.78, 5) is 11.5. The molecular formula is C19H38O3. The summed E-state index contributed by atoms with van der Waals surface area (Å²) < 4.78 is 10.7. The molecule has 0 aliphatic rings. The normalized spacial score (nSPS) is 11.6. The number of rotatable bonds is 14. The van der Waals surface area contributed by atoms with Crippen molar-refractivity contribution in [2.45, 2.75) is 104 Å². The smallest absolute Gasteiger partial charge is 0.308 e. The summed E-state index contributed by atoms with van der Waals surface area (Å²) in [6.45, 7) is 9.15. The van der Waals surface area contributed by atoms with Crippen LogP contribution in [0.1, 0.15) is 98.3 Å². The molecule has 0 fully saturated rings. The first-order valence-electron chi connectivity index (χ1n) is 9.25. The quantitative estimate of drug-likeness (QED) is 0.307. The maximum atomic E-state index is 11.5. The Bertz CT molecular complexity index is 256. The molecule has 0 aromatic carbocycles. The number of hydrogen-bond acceptors (Lipinski definition) is 3. The molecule has 0 bridgehead atoms. The molecule has 0 heterocycles. The van der Waals surface area contributed by atoms with Crippen molar-refractivity contribution in [3.8, 4) is 0 Å². The molecule has 0 aliphatic heterocycles. The number of ether oxygens (including phenoxy) is 2. The third-order valence-electron chi connectivity index (χ3n) is 3.51. The van der Waals surface area contributed by atoms with Crippen LogP contribution in [0.25, 0.3) is 0 Å². The minimum Gasteiger partial charge on any atom is -0.460 e. The van der Waals surface area contributed by atoms with E-state index in [-0.39, 0.29) is 5.97 Å². The van der Waals surface area contributed by atoms with Gasteiger partial charge < -0.3 is 9.47 Å². The molecule has 0 aromatic heterocycles. The van der Waals surface area contributed by atoms with Crippen LogP contribution in [0.2, 0.25) is 0 Å². The number of hydrogen-bond donors (Lipinski definition) is 0. The maximum Gasteiger partial charge on any atom is 0.308 e. The Morgan fingerprint density at radius 1 is 0.773 bits per heavy atom. The van der Waals surface area contributed by atoms with E-state index in [0.717, 1.165) is 13.0 Å². The Kier molecular flexibility index (Phi) is 13.7. The molecule has 0 atom stereocenters. The first kappa shape index (κ1) is 21.4. The highest BCUT2D eigenvalue weighted by molar-refractivity contribution is 5.69. The molecular weight excluding hydrogens is 276 g/mol. The van der Waals surface area contributed by atoms with Gasteiger partial charge in [-0.15, -0.1) is 0 Å². The zero-order chi connectivity index (χ0) is 16.7. The summed E-state index contributed by atoms with van der Waals surface area (Å²) >= 11 is 0. The lowest BCUT2D eigenvalue weighted by molar-refractivity contribution is -0.156. The standard InChI is InChI=1S/C19H38O3/c1-5-6-7-8-9-10-11-12-13-14-16-21-17-15-18(20)22-19(2,3)4/h5-17H2,1-4H3. The zero-order valence-corrected chi connectivity index (χ0v) is 15.4. The summed E-state index contributed by atoms with van der Waals surface area (Å²) in [6, 6.07) is 0. The molecule has 0 unspecified atom stereocenters. The van der Waals surface area contributed by atoms with Gasteiger partial charge in [0.1, 0.15) is 5.60 Å². The first-order chi connectivity index (χ1) is 10.5. The van der Waals surface area contributed by atoms with E-state index in [0.29, 0.717) is 13.0 Å². The van der Waals surface area contributed by atoms with Gasteiger partial charge in [-0.3, -0.25) is 4.79 Å². The summed E-state index contributed by atoms with van der Waals surface area (Å²) in [6.07, 6.45) is 13.7. The van der Waals surface area contributed by atoms with Gasteiger partial charge in [0.05, 0.1) is 13.0 Å². The number of unbranched alkanes of at least 4 members (excludes halogenated alkanes) is 9. The van der Waals surface area contributed by atoms with Gasteiger partial charge in [0.2, 0.25) is 0 Å². The lowest BCUT2D eigenvalue weighted by atomic mass is 10.1. The number of carbonyl (C=O) groups is 1. The predicted molar refractivity (Wildman–Crippen MR) is 93.1 cm³/mol. The second kappa shape index (κ2) is 14.0. The van der Waals surface area contributed by atoms with E-state index in [4.69, 9.17) is 9.47 Å². The lowest BCUT2D eigenvalue weighted by Crippen LogP contribution is -2.24. The van der Waals surface area contributed by atoms with Crippen LogP contribution in [-0.2, 0) is 14.3 Å². The average molecular weight is 315 g/mol. The molecule has 0 aliphatic carbocycles. The van der Waals surface area contributed by atoms with Crippen molar-refractivity contribution in [1.82, 2.24) is 0 Å². The molecule has 0 amide bonds. The van der Waals surface area contributed by atoms with Crippen LogP contribution >= 0.6 is 0 Å². The Balaban J connectivity index is 3.16. The summed E-state index contributed by atoms with van der Waals surface area (Å²) in [7, 11) is 0. The topological polar surface area (TPSA) is 35.5 Å². The van der Waals surface area contributed by atoms with Crippen LogP contribution in [0, 0.1) is 0 Å². The van der Waals surface area contributed by atoms with E-state index in [9.17, 15) is 4.79 Å². The molecule has 0 saturated heterocycles. The largest absolute Gasteiger partial charge is 0.460 e. The van der Waals surface area contributed by atoms with Crippen LogP contribution in [0.3, 0.4) is 0 Å². The average Bonchev–Trinajstić information content (AvgIpc) is 2.42. The lowest BCUT2D eigenvalue weighted by Gasteiger charge is -2.19. The van der Waals surface area contributed by atoms with E-state index in [1.807, 2.05) is 20.8 Å². The van der Waals surface area contributed by atoms with Crippen LogP contribution < -0.4 is 0 Å². The summed E-state index contributed by atoms with van der Waals surface area (Å²) in [5.41, 5.74) is -0.395. The predicted octanol–water partition coefficient (Wildman–Crippen LogP) is 5.66. The van der Waals surface area contributed by atoms with Crippen molar-refractivity contribution in [2.24, 2.45) is 0 Å². The molecule has 0 N–H and O–H groups in total. The van der Waals surface area contributed by atoms with E-state index in [2.05, 4.69) is 6.92 Å². The van der Waals surface area contributed by atoms with Crippen molar-refractivity contribution in [3.05, 3.63) is 0 Å². The third-order valence-corrected chi connectivity index (χ3v) is 3.51. The fourth-order valence-corrected chi connectivity index (χ4v) is 2.34. The first-order valence-corrected chi connectivity index (χ1v) is 9.25. The van der Waals surface area contributed by atoms with E-state index >= 15 is 0 Å². The summed E-state index contributed by atoms with van der Waals surface area (Å²) in [5.74, 6) is -0.171. The molecule has 0 rings (SSSR count). The van der Waals surface area contributed by atoms with E-state index in [1.54, 1.807) is 0 Å². The van der Waals surface area contributed by atoms with Gasteiger partial charge in [-0.25, -0.2) is 0 Å². The van der Waals surface area contributed by atoms with Gasteiger partial charge >= 0.3 is 5.97 Å². The van der Waals surface area contributed by atoms with Gasteiger partial charge in [-0.1, -0.05) is 64.7 Å². The van der Waals surface area contributed by atoms with Crippen LogP contribution in [0.15, 0.2) is 0 Å². The molecule has 3 nitrogen and oxygen atoms in total. The van der Waals surface area contributed by atoms with Crippen molar-refractivity contribution in [3.63, 3.8) is 0 Å². The van der Waals surface area contributed by atoms with Crippen LogP contribution in [0.4, 0.5) is 0 Å². The van der Waals surface area contributed by atoms with E-state index < -0.39 is 5.60 Å². The second-order valence-corrected chi connectivity index (χ2v) is 7.13. The minimum absolute atomic E-state index is 0.171. The number of esters is 1. The highest BCUT2D eigenvalue weighted by atomic mass is 16.6. The molecule has 0 radical (unpaired) electrons. The number of carbonyl (C=O) groups excluding carboxylic acids is 1. The monoisotopic (exact) mass is 314 g/mol. The zero-order valence-electron chi connectivity index (χ0n) is 15.4. The van der Waals surface area contributed by atoms with Crippen molar-refractivity contribution in [1.29, 1.82) is 0 Å². The molecule has 0 spiro atoms. The molecule has 22 heavy (non-hydrogen) atoms. The molecule has 132 valence electrons. The maximum absolute atomic E-state index is 11.5. The molecule has 0 saturated carbocycles. The van der Waals surface area contributed by atoms with Gasteiger partial charge in [0.25, 0.3) is 0 Å². The van der Waals surface area contributed by atoms with Crippen LogP contribution in [0.5, 0.6) is 0 Å². The Hall–Kier alpha value is -0.570. The van der Waals surface area contributed by atoms with Gasteiger partial charge in [0.15, 0.2) is 0 Å². The summed E-state index contributed by atoms with van der Waals surface area (Å²) in [5, 5.41) is 0. The van der Waals surface area contributed by atoms with Crippen LogP contribution in [-0.4, -0.2) is 24.8 Å². The fraction of sp³-hybridized carbons (Fsp3) is 0.947. The SMILES string of the molecule is CCCCCCCCCCCCOCCC(=O)OC(C)(C)C. The Morgan fingerprint density at radius 3 is 1.77 bits per heavy atom. The van der Waals surface area contributed by atoms with Gasteiger partial charge in [-0.2, -0.15) is 0 Å². The van der Waals surface area contributed by atoms with Crippen molar-refractivity contribution < 1.29 is 14.3 Å². The molecule has 0 aromatic rings. The fourth-order valence-electron chi connectivity index (χ4n) is 2.34. The highest BCUT2D eigenvalue weighted by Crippen LogP contribution is 2.11. The minimum atomic E-state index is -0.395.